The molecule has 0 fully saturated rings. The van der Waals surface area contributed by atoms with E-state index >= 15 is 0 Å². The van der Waals surface area contributed by atoms with Crippen LogP contribution >= 0.6 is 0 Å². The molecule has 0 atom stereocenters. The third kappa shape index (κ3) is 25.7. The summed E-state index contributed by atoms with van der Waals surface area (Å²) in [6.07, 6.45) is 4.74. The Labute approximate surface area is 363 Å². The Morgan fingerprint density at radius 2 is 0.583 bits per heavy atom. The number of nitro groups is 4. The van der Waals surface area contributed by atoms with Crippen molar-refractivity contribution in [3.05, 3.63) is 88.5 Å². The predicted octanol–water partition coefficient (Wildman–Crippen LogP) is 2.96. The van der Waals surface area contributed by atoms with E-state index in [9.17, 15) is 75.0 Å². The van der Waals surface area contributed by atoms with Crippen molar-refractivity contribution in [3.8, 4) is 0 Å². The van der Waals surface area contributed by atoms with Crippen molar-refractivity contribution in [2.45, 2.75) is 53.9 Å². The summed E-state index contributed by atoms with van der Waals surface area (Å²) in [5, 5.41) is 75.9. The fourth-order valence-corrected chi connectivity index (χ4v) is 3.91. The van der Waals surface area contributed by atoms with E-state index in [2.05, 4.69) is 19.9 Å². The molecule has 0 radical (unpaired) electrons. The van der Waals surface area contributed by atoms with E-state index in [1.165, 1.54) is 43.1 Å². The van der Waals surface area contributed by atoms with Crippen molar-refractivity contribution in [2.24, 2.45) is 0 Å². The molecule has 4 aromatic rings. The molecule has 0 aliphatic carbocycles. The van der Waals surface area contributed by atoms with Gasteiger partial charge < -0.3 is 95.4 Å². The largest absolute Gasteiger partial charge is 1.00 e. The molecule has 0 bridgehead atoms. The van der Waals surface area contributed by atoms with Crippen LogP contribution in [0.15, 0.2) is 24.8 Å². The number of aliphatic hydroxyl groups excluding tert-OH is 4. The Balaban J connectivity index is -0.000000321. The molecule has 0 amide bonds. The van der Waals surface area contributed by atoms with E-state index in [4.69, 9.17) is 20.4 Å². The molecule has 60 heavy (non-hydrogen) atoms. The minimum Gasteiger partial charge on any atom is -0.418 e. The molecule has 0 spiro atoms. The maximum absolute atomic E-state index is 10.4. The third-order valence-corrected chi connectivity index (χ3v) is 6.18. The number of aliphatic hydroxyl groups is 4. The van der Waals surface area contributed by atoms with Gasteiger partial charge in [-0.3, -0.25) is 0 Å². The normalized spacial score (nSPS) is 10.1. The molecule has 4 rings (SSSR count). The first-order valence-electron chi connectivity index (χ1n) is 15.5. The van der Waals surface area contributed by atoms with Crippen LogP contribution < -0.4 is 0 Å². The van der Waals surface area contributed by atoms with Gasteiger partial charge in [-0.2, -0.15) is 0 Å². The zero-order valence-corrected chi connectivity index (χ0v) is 34.1. The second-order valence-electron chi connectivity index (χ2n) is 10.2. The summed E-state index contributed by atoms with van der Waals surface area (Å²) in [6, 6.07) is 0. The number of hydrogen-bond acceptors (Lipinski definition) is 16. The first-order valence-corrected chi connectivity index (χ1v) is 15.5. The molecule has 0 saturated carbocycles. The van der Waals surface area contributed by atoms with Gasteiger partial charge in [0, 0.05) is 27.7 Å². The molecule has 24 nitrogen and oxygen atoms in total. The van der Waals surface area contributed by atoms with Gasteiger partial charge in [0.25, 0.3) is 0 Å². The Kier molecular flexibility index (Phi) is 31.4. The van der Waals surface area contributed by atoms with Gasteiger partial charge in [-0.1, -0.05) is 0 Å². The monoisotopic (exact) mass is 1070 g/mol. The fraction of sp³-hybridized carbons (Fsp3) is 0.500. The topological polar surface area (TPSA) is 325 Å². The Bertz CT molecular complexity index is 1640. The van der Waals surface area contributed by atoms with E-state index in [0.29, 0.717) is 23.3 Å². The van der Waals surface area contributed by atoms with E-state index in [1.54, 1.807) is 27.7 Å². The van der Waals surface area contributed by atoms with Crippen molar-refractivity contribution in [1.29, 1.82) is 0 Å². The molecule has 0 unspecified atom stereocenters. The molecular weight excluding hydrogens is 1040 g/mol. The molecule has 4 aromatic heterocycles. The number of imidazole rings is 4. The van der Waals surface area contributed by atoms with Crippen LogP contribution in [0.2, 0.25) is 0 Å². The zero-order chi connectivity index (χ0) is 45.6. The summed E-state index contributed by atoms with van der Waals surface area (Å²) in [4.78, 5) is 54.5. The van der Waals surface area contributed by atoms with E-state index < -0.39 is 34.2 Å². The molecule has 0 saturated heterocycles. The van der Waals surface area contributed by atoms with Crippen LogP contribution in [0.5, 0.6) is 0 Å². The second-order valence-corrected chi connectivity index (χ2v) is 10.2. The average Bonchev–Trinajstić information content (AvgIpc) is 3.85. The van der Waals surface area contributed by atoms with Crippen LogP contribution in [0.25, 0.3) is 0 Å². The van der Waals surface area contributed by atoms with Gasteiger partial charge in [0.15, 0.2) is 23.3 Å². The number of nitrogens with zero attached hydrogens (tertiary/aromatic N) is 12. The SMILES string of the molecule is Cc1ncc([N+](=O)[O-])n1CCO.Cc1ncc([N+](=O)[O-])n1CCO.Cc1ncc([N+](=O)[O-])n1CCO.Cc1ncc([N+](=O)[O-])n1CCO.F[B-](F)(F)F.F[B-](F)(F)F.[Ag+].[Ag+]. The summed E-state index contributed by atoms with van der Waals surface area (Å²) in [5.41, 5.74) is 0. The molecular formula is C24H36Ag2B2F8N12O12. The van der Waals surface area contributed by atoms with Crippen molar-refractivity contribution in [3.63, 3.8) is 0 Å². The molecule has 0 aromatic carbocycles. The van der Waals surface area contributed by atoms with Crippen LogP contribution in [0.3, 0.4) is 0 Å². The van der Waals surface area contributed by atoms with Gasteiger partial charge >= 0.3 is 82.5 Å². The van der Waals surface area contributed by atoms with Gasteiger partial charge in [0.2, 0.25) is 0 Å². The number of hydrogen-bond donors (Lipinski definition) is 4. The second kappa shape index (κ2) is 30.4. The molecule has 0 aliphatic heterocycles. The Hall–Kier alpha value is -4.67. The zero-order valence-electron chi connectivity index (χ0n) is 31.2. The fourth-order valence-electron chi connectivity index (χ4n) is 3.91. The summed E-state index contributed by atoms with van der Waals surface area (Å²) in [5.74, 6) is 1.82. The van der Waals surface area contributed by atoms with E-state index in [1.807, 2.05) is 0 Å². The van der Waals surface area contributed by atoms with Crippen LogP contribution in [0.1, 0.15) is 23.3 Å². The maximum Gasteiger partial charge on any atom is 1.00 e. The van der Waals surface area contributed by atoms with Gasteiger partial charge in [-0.05, 0) is 19.7 Å². The smallest absolute Gasteiger partial charge is 0.418 e. The standard InChI is InChI=1S/4C6H9N3O3.2Ag.2BF4/c4*1-5-7-4-6(9(11)12)8(5)2-3-10;;;2*2-1(3,4)5/h4*4,10H,2-3H2,1H3;;;;/q;;;;2*+1;2*-1. The minimum absolute atomic E-state index is 0. The number of aromatic nitrogens is 8. The van der Waals surface area contributed by atoms with Gasteiger partial charge in [-0.25, -0.2) is 38.2 Å². The van der Waals surface area contributed by atoms with Crippen molar-refractivity contribution < 1.29 is 119 Å². The van der Waals surface area contributed by atoms with E-state index in [0.717, 1.165) is 0 Å². The number of halogens is 8. The van der Waals surface area contributed by atoms with Crippen molar-refractivity contribution in [1.82, 2.24) is 38.2 Å². The number of aryl methyl sites for hydroxylation is 4. The van der Waals surface area contributed by atoms with Crippen molar-refractivity contribution >= 4 is 37.8 Å². The molecule has 36 heteroatoms. The van der Waals surface area contributed by atoms with Crippen molar-refractivity contribution in [2.75, 3.05) is 26.4 Å². The number of rotatable bonds is 12. The van der Waals surface area contributed by atoms with Crippen LogP contribution in [-0.2, 0) is 70.9 Å². The first kappa shape index (κ1) is 62.0. The van der Waals surface area contributed by atoms with Crippen LogP contribution in [-0.4, -0.2) is 119 Å². The third-order valence-electron chi connectivity index (χ3n) is 6.18. The van der Waals surface area contributed by atoms with Gasteiger partial charge in [-0.15, -0.1) is 0 Å². The quantitative estimate of drug-likeness (QED) is 0.0686. The average molecular weight is 1070 g/mol. The van der Waals surface area contributed by atoms with Crippen LogP contribution in [0, 0.1) is 68.2 Å². The van der Waals surface area contributed by atoms with E-state index in [-0.39, 0.29) is 121 Å². The summed E-state index contributed by atoms with van der Waals surface area (Å²) in [7, 11) is -12.0. The molecule has 4 heterocycles. The summed E-state index contributed by atoms with van der Waals surface area (Å²) in [6.45, 7) is 6.96. The van der Waals surface area contributed by atoms with Gasteiger partial charge in [0.05, 0.1) is 26.4 Å². The van der Waals surface area contributed by atoms with Crippen LogP contribution in [0.4, 0.5) is 57.8 Å². The Morgan fingerprint density at radius 3 is 0.683 bits per heavy atom. The maximum atomic E-state index is 10.4. The molecule has 4 N–H and O–H groups in total. The van der Waals surface area contributed by atoms with Gasteiger partial charge in [0.1, 0.15) is 51.0 Å². The molecule has 0 aliphatic rings. The predicted molar refractivity (Wildman–Crippen MR) is 183 cm³/mol. The Morgan fingerprint density at radius 1 is 0.450 bits per heavy atom. The first-order chi connectivity index (χ1) is 26.7. The minimum atomic E-state index is -6.00. The summed E-state index contributed by atoms with van der Waals surface area (Å²) >= 11 is 0. The summed E-state index contributed by atoms with van der Waals surface area (Å²) < 4.78 is 83.4. The molecule has 348 valence electrons.